The topological polar surface area (TPSA) is 77.1 Å². The van der Waals surface area contributed by atoms with Crippen LogP contribution in [-0.2, 0) is 19.1 Å². The van der Waals surface area contributed by atoms with E-state index in [1.165, 1.54) is 5.56 Å². The van der Waals surface area contributed by atoms with Gasteiger partial charge in [0.1, 0.15) is 12.4 Å². The van der Waals surface area contributed by atoms with Crippen molar-refractivity contribution in [2.24, 2.45) is 0 Å². The molecule has 4 aliphatic heterocycles. The van der Waals surface area contributed by atoms with Gasteiger partial charge in [0.05, 0.1) is 43.9 Å². The smallest absolute Gasteiger partial charge is 0.246 e. The van der Waals surface area contributed by atoms with Crippen LogP contribution in [0, 0.1) is 0 Å². The molecule has 1 N–H and O–H groups in total. The minimum absolute atomic E-state index is 0.0483. The molecule has 4 heterocycles. The van der Waals surface area contributed by atoms with Crippen LogP contribution in [0.2, 0.25) is 0 Å². The number of piperidine rings is 1. The third-order valence-corrected chi connectivity index (χ3v) is 7.43. The van der Waals surface area contributed by atoms with Gasteiger partial charge in [-0.3, -0.25) is 9.59 Å². The summed E-state index contributed by atoms with van der Waals surface area (Å²) in [6, 6.07) is 8.02. The van der Waals surface area contributed by atoms with Crippen molar-refractivity contribution in [1.29, 1.82) is 0 Å². The fourth-order valence-corrected chi connectivity index (χ4v) is 5.83. The van der Waals surface area contributed by atoms with Gasteiger partial charge in [0.25, 0.3) is 0 Å². The number of nitrogens with one attached hydrogen (secondary N) is 1. The van der Waals surface area contributed by atoms with Crippen molar-refractivity contribution in [3.05, 3.63) is 29.8 Å². The SMILES string of the molecule is O=C1COC[C@@]2(CCCN3C(=O)CCOc4ccccc4C4CCC(CC4)OCC32)N1. The van der Waals surface area contributed by atoms with E-state index in [1.54, 1.807) is 0 Å². The summed E-state index contributed by atoms with van der Waals surface area (Å²) in [6.07, 6.45) is 6.26. The van der Waals surface area contributed by atoms with Crippen molar-refractivity contribution in [2.45, 2.75) is 68.5 Å². The first kappa shape index (κ1) is 20.8. The number of amides is 2. The van der Waals surface area contributed by atoms with Crippen LogP contribution in [0.3, 0.4) is 0 Å². The Balaban J connectivity index is 1.41. The number of hydrogen-bond acceptors (Lipinski definition) is 5. The van der Waals surface area contributed by atoms with Gasteiger partial charge in [-0.1, -0.05) is 18.2 Å². The molecule has 31 heavy (non-hydrogen) atoms. The molecule has 5 aliphatic rings. The molecule has 1 saturated carbocycles. The van der Waals surface area contributed by atoms with Crippen LogP contribution >= 0.6 is 0 Å². The van der Waals surface area contributed by atoms with E-state index < -0.39 is 5.54 Å². The third kappa shape index (κ3) is 4.17. The predicted molar refractivity (Wildman–Crippen MR) is 114 cm³/mol. The standard InChI is InChI=1S/C24H32N2O5/c27-22-15-29-16-24(25-22)11-3-12-26-21(24)14-31-18-8-6-17(7-9-18)19-4-1-2-5-20(19)30-13-10-23(26)28/h1-2,4-5,17-18,21H,3,6-16H2,(H,25,27)/t17?,18?,21?,24-/m1/s1. The van der Waals surface area contributed by atoms with Crippen molar-refractivity contribution in [3.8, 4) is 5.75 Å². The van der Waals surface area contributed by atoms with Gasteiger partial charge < -0.3 is 24.4 Å². The van der Waals surface area contributed by atoms with E-state index in [-0.39, 0.29) is 30.6 Å². The number of hydrogen-bond donors (Lipinski definition) is 1. The van der Waals surface area contributed by atoms with E-state index in [0.29, 0.717) is 38.7 Å². The van der Waals surface area contributed by atoms with E-state index in [4.69, 9.17) is 14.2 Å². The van der Waals surface area contributed by atoms with E-state index in [0.717, 1.165) is 44.3 Å². The molecule has 1 unspecified atom stereocenters. The van der Waals surface area contributed by atoms with Gasteiger partial charge >= 0.3 is 0 Å². The summed E-state index contributed by atoms with van der Waals surface area (Å²) in [7, 11) is 0. The highest BCUT2D eigenvalue weighted by molar-refractivity contribution is 5.80. The van der Waals surface area contributed by atoms with Crippen molar-refractivity contribution in [2.75, 3.05) is 33.0 Å². The second-order valence-corrected chi connectivity index (χ2v) is 9.35. The summed E-state index contributed by atoms with van der Waals surface area (Å²) < 4.78 is 18.2. The number of morpholine rings is 1. The van der Waals surface area contributed by atoms with Crippen LogP contribution in [0.1, 0.15) is 56.4 Å². The zero-order valence-electron chi connectivity index (χ0n) is 18.0. The lowest BCUT2D eigenvalue weighted by atomic mass is 9.80. The second kappa shape index (κ2) is 8.79. The first-order valence-electron chi connectivity index (χ1n) is 11.7. The summed E-state index contributed by atoms with van der Waals surface area (Å²) in [6.45, 7) is 1.97. The quantitative estimate of drug-likeness (QED) is 0.687. The van der Waals surface area contributed by atoms with Crippen LogP contribution in [0.4, 0.5) is 0 Å². The van der Waals surface area contributed by atoms with Gasteiger partial charge in [-0.25, -0.2) is 0 Å². The average molecular weight is 429 g/mol. The highest BCUT2D eigenvalue weighted by Crippen LogP contribution is 2.39. The van der Waals surface area contributed by atoms with Crippen LogP contribution in [0.15, 0.2) is 24.3 Å². The van der Waals surface area contributed by atoms with E-state index >= 15 is 0 Å². The minimum atomic E-state index is -0.565. The van der Waals surface area contributed by atoms with Crippen molar-refractivity contribution < 1.29 is 23.8 Å². The molecule has 0 aromatic heterocycles. The number of ether oxygens (including phenoxy) is 3. The van der Waals surface area contributed by atoms with Gasteiger partial charge in [0.15, 0.2) is 0 Å². The Labute approximate surface area is 183 Å². The van der Waals surface area contributed by atoms with Crippen molar-refractivity contribution in [1.82, 2.24) is 10.2 Å². The average Bonchev–Trinajstić information content (AvgIpc) is 2.78. The molecule has 3 fully saturated rings. The van der Waals surface area contributed by atoms with Gasteiger partial charge in [-0.05, 0) is 56.1 Å². The Morgan fingerprint density at radius 3 is 2.77 bits per heavy atom. The minimum Gasteiger partial charge on any atom is -0.493 e. The number of fused-ring (bicyclic) bond motifs is 6. The van der Waals surface area contributed by atoms with Crippen LogP contribution < -0.4 is 10.1 Å². The Bertz CT molecular complexity index is 818. The zero-order valence-corrected chi connectivity index (χ0v) is 18.0. The molecule has 2 amide bonds. The molecular weight excluding hydrogens is 396 g/mol. The molecule has 0 radical (unpaired) electrons. The number of benzene rings is 1. The van der Waals surface area contributed by atoms with E-state index in [2.05, 4.69) is 17.4 Å². The predicted octanol–water partition coefficient (Wildman–Crippen LogP) is 2.39. The largest absolute Gasteiger partial charge is 0.493 e. The molecule has 1 spiro atoms. The van der Waals surface area contributed by atoms with Crippen molar-refractivity contribution in [3.63, 3.8) is 0 Å². The van der Waals surface area contributed by atoms with Gasteiger partial charge in [-0.2, -0.15) is 0 Å². The number of rotatable bonds is 0. The number of carbonyl (C=O) groups is 2. The molecular formula is C24H32N2O5. The molecule has 1 aromatic rings. The molecule has 7 heteroatoms. The maximum Gasteiger partial charge on any atom is 0.246 e. The molecule has 2 bridgehead atoms. The Kier molecular flexibility index (Phi) is 5.89. The number of nitrogens with zero attached hydrogens (tertiary/aromatic N) is 1. The Hall–Kier alpha value is -2.12. The molecule has 6 rings (SSSR count). The van der Waals surface area contributed by atoms with Crippen molar-refractivity contribution >= 4 is 11.8 Å². The van der Waals surface area contributed by atoms with Gasteiger partial charge in [-0.15, -0.1) is 0 Å². The molecule has 2 saturated heterocycles. The lowest BCUT2D eigenvalue weighted by Crippen LogP contribution is -2.72. The zero-order chi connectivity index (χ0) is 21.3. The summed E-state index contributed by atoms with van der Waals surface area (Å²) in [5.74, 6) is 1.31. The molecule has 7 nitrogen and oxygen atoms in total. The maximum atomic E-state index is 13.2. The highest BCUT2D eigenvalue weighted by Gasteiger charge is 2.49. The van der Waals surface area contributed by atoms with Gasteiger partial charge in [0, 0.05) is 6.54 Å². The van der Waals surface area contributed by atoms with E-state index in [9.17, 15) is 9.59 Å². The lowest BCUT2D eigenvalue weighted by Gasteiger charge is -2.51. The Morgan fingerprint density at radius 2 is 1.94 bits per heavy atom. The molecule has 168 valence electrons. The molecule has 2 atom stereocenters. The van der Waals surface area contributed by atoms with Crippen LogP contribution in [0.5, 0.6) is 5.75 Å². The van der Waals surface area contributed by atoms with Gasteiger partial charge in [0.2, 0.25) is 11.8 Å². The summed E-state index contributed by atoms with van der Waals surface area (Å²) >= 11 is 0. The third-order valence-electron chi connectivity index (χ3n) is 7.43. The van der Waals surface area contributed by atoms with Crippen LogP contribution in [0.25, 0.3) is 0 Å². The normalized spacial score (nSPS) is 34.3. The van der Waals surface area contributed by atoms with Crippen LogP contribution in [-0.4, -0.2) is 67.4 Å². The first-order valence-corrected chi connectivity index (χ1v) is 11.7. The summed E-state index contributed by atoms with van der Waals surface area (Å²) in [4.78, 5) is 27.3. The number of carbonyl (C=O) groups excluding carboxylic acids is 2. The highest BCUT2D eigenvalue weighted by atomic mass is 16.5. The summed E-state index contributed by atoms with van der Waals surface area (Å²) in [5, 5.41) is 3.17. The fraction of sp³-hybridized carbons (Fsp3) is 0.667. The van der Waals surface area contributed by atoms with E-state index in [1.807, 2.05) is 17.0 Å². The maximum absolute atomic E-state index is 13.2. The first-order chi connectivity index (χ1) is 15.1. The molecule has 1 aromatic carbocycles. The fourth-order valence-electron chi connectivity index (χ4n) is 5.83. The Morgan fingerprint density at radius 1 is 1.10 bits per heavy atom. The molecule has 1 aliphatic carbocycles. The second-order valence-electron chi connectivity index (χ2n) is 9.35. The summed E-state index contributed by atoms with van der Waals surface area (Å²) in [5.41, 5.74) is 0.688. The lowest BCUT2D eigenvalue weighted by molar-refractivity contribution is -0.155. The number of para-hydroxylation sites is 1. The monoisotopic (exact) mass is 428 g/mol.